The fourth-order valence-corrected chi connectivity index (χ4v) is 4.18. The first-order valence-corrected chi connectivity index (χ1v) is 10.4. The lowest BCUT2D eigenvalue weighted by Crippen LogP contribution is -2.37. The molecule has 1 atom stereocenters. The monoisotopic (exact) mass is 373 g/mol. The van der Waals surface area contributed by atoms with Gasteiger partial charge in [0.2, 0.25) is 5.91 Å². The molecular formula is C20H27N3O2S. The lowest BCUT2D eigenvalue weighted by atomic mass is 10.1. The fraction of sp³-hybridized carbons (Fsp3) is 0.550. The number of fused-ring (bicyclic) bond motifs is 1. The maximum Gasteiger partial charge on any atom is 0.262 e. The first-order chi connectivity index (χ1) is 12.5. The van der Waals surface area contributed by atoms with Crippen molar-refractivity contribution in [3.8, 4) is 0 Å². The number of aromatic nitrogens is 2. The third-order valence-corrected chi connectivity index (χ3v) is 6.14. The van der Waals surface area contributed by atoms with E-state index >= 15 is 0 Å². The second-order valence-electron chi connectivity index (χ2n) is 7.41. The summed E-state index contributed by atoms with van der Waals surface area (Å²) in [7, 11) is 0. The second kappa shape index (κ2) is 8.25. The Morgan fingerprint density at radius 3 is 2.65 bits per heavy atom. The molecule has 0 spiro atoms. The van der Waals surface area contributed by atoms with E-state index in [1.165, 1.54) is 11.8 Å². The number of amides is 1. The first kappa shape index (κ1) is 19.0. The SMILES string of the molecule is CC(C)C(C)NC(=O)CSc1nc2ccccc2c(=O)n1C1CCCC1. The van der Waals surface area contributed by atoms with Crippen LogP contribution in [0.1, 0.15) is 52.5 Å². The third kappa shape index (κ3) is 4.11. The minimum atomic E-state index is -0.0171. The van der Waals surface area contributed by atoms with E-state index in [1.807, 2.05) is 35.8 Å². The summed E-state index contributed by atoms with van der Waals surface area (Å²) in [6.07, 6.45) is 4.29. The van der Waals surface area contributed by atoms with Crippen LogP contribution in [0.2, 0.25) is 0 Å². The van der Waals surface area contributed by atoms with Gasteiger partial charge in [-0.15, -0.1) is 0 Å². The van der Waals surface area contributed by atoms with Crippen LogP contribution in [0.15, 0.2) is 34.2 Å². The smallest absolute Gasteiger partial charge is 0.262 e. The van der Waals surface area contributed by atoms with Gasteiger partial charge in [-0.2, -0.15) is 0 Å². The van der Waals surface area contributed by atoms with Gasteiger partial charge in [-0.3, -0.25) is 14.2 Å². The highest BCUT2D eigenvalue weighted by molar-refractivity contribution is 7.99. The zero-order valence-electron chi connectivity index (χ0n) is 15.7. The molecule has 0 radical (unpaired) electrons. The Bertz CT molecular complexity index is 841. The molecule has 2 aromatic rings. The summed E-state index contributed by atoms with van der Waals surface area (Å²) in [5, 5.41) is 4.33. The molecule has 6 heteroatoms. The zero-order valence-corrected chi connectivity index (χ0v) is 16.5. The molecule has 3 rings (SSSR count). The molecule has 5 nitrogen and oxygen atoms in total. The Kier molecular flexibility index (Phi) is 6.01. The molecule has 0 saturated heterocycles. The number of benzene rings is 1. The van der Waals surface area contributed by atoms with E-state index < -0.39 is 0 Å². The predicted octanol–water partition coefficient (Wildman–Crippen LogP) is 3.76. The van der Waals surface area contributed by atoms with Gasteiger partial charge in [0.25, 0.3) is 5.56 Å². The molecule has 140 valence electrons. The second-order valence-corrected chi connectivity index (χ2v) is 8.36. The largest absolute Gasteiger partial charge is 0.353 e. The lowest BCUT2D eigenvalue weighted by molar-refractivity contribution is -0.119. The Labute approximate surface area is 158 Å². The van der Waals surface area contributed by atoms with Crippen molar-refractivity contribution in [2.45, 2.75) is 63.7 Å². The van der Waals surface area contributed by atoms with Crippen molar-refractivity contribution in [1.29, 1.82) is 0 Å². The summed E-state index contributed by atoms with van der Waals surface area (Å²) >= 11 is 1.36. The van der Waals surface area contributed by atoms with Gasteiger partial charge in [0.15, 0.2) is 5.16 Å². The molecule has 1 aliphatic carbocycles. The molecule has 1 aromatic heterocycles. The number of nitrogens with zero attached hydrogens (tertiary/aromatic N) is 2. The van der Waals surface area contributed by atoms with E-state index in [4.69, 9.17) is 4.98 Å². The molecule has 1 fully saturated rings. The molecule has 1 N–H and O–H groups in total. The summed E-state index contributed by atoms with van der Waals surface area (Å²) in [4.78, 5) is 30.0. The molecule has 1 saturated carbocycles. The van der Waals surface area contributed by atoms with Crippen LogP contribution in [0.4, 0.5) is 0 Å². The van der Waals surface area contributed by atoms with Crippen LogP contribution in [0.25, 0.3) is 10.9 Å². The quantitative estimate of drug-likeness (QED) is 0.618. The van der Waals surface area contributed by atoms with Crippen molar-refractivity contribution in [3.05, 3.63) is 34.6 Å². The Balaban J connectivity index is 1.87. The molecule has 1 aliphatic rings. The minimum absolute atomic E-state index is 0.0148. The summed E-state index contributed by atoms with van der Waals surface area (Å²) < 4.78 is 1.83. The van der Waals surface area contributed by atoms with Crippen LogP contribution < -0.4 is 10.9 Å². The predicted molar refractivity (Wildman–Crippen MR) is 107 cm³/mol. The van der Waals surface area contributed by atoms with Gasteiger partial charge in [-0.05, 0) is 37.8 Å². The van der Waals surface area contributed by atoms with Gasteiger partial charge in [-0.25, -0.2) is 4.98 Å². The molecular weight excluding hydrogens is 346 g/mol. The van der Waals surface area contributed by atoms with Crippen LogP contribution >= 0.6 is 11.8 Å². The average molecular weight is 374 g/mol. The number of thioether (sulfide) groups is 1. The average Bonchev–Trinajstić information content (AvgIpc) is 3.14. The van der Waals surface area contributed by atoms with E-state index in [-0.39, 0.29) is 29.3 Å². The Hall–Kier alpha value is -1.82. The van der Waals surface area contributed by atoms with Crippen molar-refractivity contribution in [2.24, 2.45) is 5.92 Å². The van der Waals surface area contributed by atoms with Crippen LogP contribution in [-0.4, -0.2) is 27.3 Å². The van der Waals surface area contributed by atoms with Gasteiger partial charge in [0.05, 0.1) is 16.7 Å². The normalized spacial score (nSPS) is 16.3. The van der Waals surface area contributed by atoms with Gasteiger partial charge in [0.1, 0.15) is 0 Å². The van der Waals surface area contributed by atoms with E-state index in [0.717, 1.165) is 25.7 Å². The number of hydrogen-bond donors (Lipinski definition) is 1. The summed E-state index contributed by atoms with van der Waals surface area (Å²) in [6, 6.07) is 7.78. The van der Waals surface area contributed by atoms with Gasteiger partial charge >= 0.3 is 0 Å². The number of para-hydroxylation sites is 1. The standard InChI is InChI=1S/C20H27N3O2S/c1-13(2)14(3)21-18(24)12-26-20-22-17-11-7-6-10-16(17)19(25)23(20)15-8-4-5-9-15/h6-7,10-11,13-15H,4-5,8-9,12H2,1-3H3,(H,21,24). The maximum absolute atomic E-state index is 13.1. The van der Waals surface area contributed by atoms with Crippen LogP contribution in [-0.2, 0) is 4.79 Å². The van der Waals surface area contributed by atoms with Crippen molar-refractivity contribution < 1.29 is 4.79 Å². The minimum Gasteiger partial charge on any atom is -0.353 e. The Morgan fingerprint density at radius 1 is 1.27 bits per heavy atom. The number of rotatable bonds is 6. The number of carbonyl (C=O) groups is 1. The zero-order chi connectivity index (χ0) is 18.7. The highest BCUT2D eigenvalue weighted by Crippen LogP contribution is 2.32. The number of carbonyl (C=O) groups excluding carboxylic acids is 1. The van der Waals surface area contributed by atoms with Gasteiger partial charge in [-0.1, -0.05) is 50.6 Å². The van der Waals surface area contributed by atoms with E-state index in [0.29, 0.717) is 22.0 Å². The molecule has 1 aromatic carbocycles. The van der Waals surface area contributed by atoms with Gasteiger partial charge < -0.3 is 5.32 Å². The topological polar surface area (TPSA) is 64.0 Å². The van der Waals surface area contributed by atoms with Gasteiger partial charge in [0, 0.05) is 12.1 Å². The van der Waals surface area contributed by atoms with Crippen molar-refractivity contribution >= 4 is 28.6 Å². The molecule has 26 heavy (non-hydrogen) atoms. The van der Waals surface area contributed by atoms with Crippen LogP contribution in [0, 0.1) is 5.92 Å². The molecule has 0 aliphatic heterocycles. The summed E-state index contributed by atoms with van der Waals surface area (Å²) in [5.41, 5.74) is 0.714. The van der Waals surface area contributed by atoms with E-state index in [1.54, 1.807) is 0 Å². The van der Waals surface area contributed by atoms with Crippen molar-refractivity contribution in [3.63, 3.8) is 0 Å². The number of nitrogens with one attached hydrogen (secondary N) is 1. The highest BCUT2D eigenvalue weighted by atomic mass is 32.2. The highest BCUT2D eigenvalue weighted by Gasteiger charge is 2.23. The summed E-state index contributed by atoms with van der Waals surface area (Å²) in [5.74, 6) is 0.644. The van der Waals surface area contributed by atoms with Crippen LogP contribution in [0.5, 0.6) is 0 Å². The fourth-order valence-electron chi connectivity index (χ4n) is 3.30. The maximum atomic E-state index is 13.1. The lowest BCUT2D eigenvalue weighted by Gasteiger charge is -2.20. The molecule has 1 amide bonds. The first-order valence-electron chi connectivity index (χ1n) is 9.41. The van der Waals surface area contributed by atoms with Crippen molar-refractivity contribution in [1.82, 2.24) is 14.9 Å². The Morgan fingerprint density at radius 2 is 1.96 bits per heavy atom. The molecule has 1 unspecified atom stereocenters. The van der Waals surface area contributed by atoms with Crippen LogP contribution in [0.3, 0.4) is 0 Å². The summed E-state index contributed by atoms with van der Waals surface area (Å²) in [6.45, 7) is 6.18. The molecule has 0 bridgehead atoms. The molecule has 1 heterocycles. The van der Waals surface area contributed by atoms with Crippen molar-refractivity contribution in [2.75, 3.05) is 5.75 Å². The third-order valence-electron chi connectivity index (χ3n) is 5.19. The number of hydrogen-bond acceptors (Lipinski definition) is 4. The van der Waals surface area contributed by atoms with E-state index in [2.05, 4.69) is 19.2 Å². The van der Waals surface area contributed by atoms with E-state index in [9.17, 15) is 9.59 Å².